The van der Waals surface area contributed by atoms with E-state index < -0.39 is 29.7 Å². The summed E-state index contributed by atoms with van der Waals surface area (Å²) in [7, 11) is 1.36. The van der Waals surface area contributed by atoms with Crippen molar-refractivity contribution >= 4 is 17.7 Å². The largest absolute Gasteiger partial charge is 0.465 e. The number of ketones is 1. The molecule has 1 saturated heterocycles. The molecule has 0 aromatic carbocycles. The minimum atomic E-state index is -1.38. The molecule has 0 N–H and O–H groups in total. The number of ether oxygens (including phenoxy) is 1. The minimum absolute atomic E-state index is 0.134. The van der Waals surface area contributed by atoms with Crippen LogP contribution in [-0.4, -0.2) is 42.5 Å². The number of rotatable bonds is 2. The molecule has 1 fully saturated rings. The Kier molecular flexibility index (Phi) is 3.41. The van der Waals surface area contributed by atoms with E-state index in [1.54, 1.807) is 6.92 Å². The lowest BCUT2D eigenvalue weighted by Gasteiger charge is -2.30. The van der Waals surface area contributed by atoms with Gasteiger partial charge < -0.3 is 4.74 Å². The van der Waals surface area contributed by atoms with E-state index in [1.807, 2.05) is 0 Å². The maximum atomic E-state index is 11.5. The van der Waals surface area contributed by atoms with Gasteiger partial charge in [0.05, 0.1) is 6.61 Å². The van der Waals surface area contributed by atoms with Gasteiger partial charge in [0.2, 0.25) is 0 Å². The quantitative estimate of drug-likeness (QED) is 0.460. The predicted octanol–water partition coefficient (Wildman–Crippen LogP) is -0.473. The van der Waals surface area contributed by atoms with E-state index >= 15 is 0 Å². The van der Waals surface area contributed by atoms with Crippen molar-refractivity contribution in [3.8, 4) is 0 Å². The van der Waals surface area contributed by atoms with Crippen LogP contribution in [0.1, 0.15) is 13.8 Å². The standard InChI is InChI=1S/C9H13NO5/c1-4-14-9(13)6-7(11)5(2)15-10(3)8(6)12/h5-6H,4H2,1-3H3. The third kappa shape index (κ3) is 2.15. The molecule has 1 aliphatic rings. The molecule has 6 heteroatoms. The molecule has 1 heterocycles. The molecule has 2 unspecified atom stereocenters. The fraction of sp³-hybridized carbons (Fsp3) is 0.667. The van der Waals surface area contributed by atoms with Gasteiger partial charge in [-0.1, -0.05) is 0 Å². The second-order valence-electron chi connectivity index (χ2n) is 3.17. The van der Waals surface area contributed by atoms with Gasteiger partial charge in [-0.3, -0.25) is 19.2 Å². The second-order valence-corrected chi connectivity index (χ2v) is 3.17. The van der Waals surface area contributed by atoms with Crippen LogP contribution in [0, 0.1) is 5.92 Å². The highest BCUT2D eigenvalue weighted by Crippen LogP contribution is 2.17. The summed E-state index contributed by atoms with van der Waals surface area (Å²) >= 11 is 0. The van der Waals surface area contributed by atoms with Gasteiger partial charge in [-0.2, -0.15) is 0 Å². The minimum Gasteiger partial charge on any atom is -0.465 e. The van der Waals surface area contributed by atoms with E-state index in [0.29, 0.717) is 0 Å². The highest BCUT2D eigenvalue weighted by Gasteiger charge is 2.45. The van der Waals surface area contributed by atoms with Crippen molar-refractivity contribution in [3.05, 3.63) is 0 Å². The summed E-state index contributed by atoms with van der Waals surface area (Å²) in [5.41, 5.74) is 0. The Morgan fingerprint density at radius 2 is 2.13 bits per heavy atom. The van der Waals surface area contributed by atoms with Gasteiger partial charge in [-0.05, 0) is 13.8 Å². The van der Waals surface area contributed by atoms with E-state index in [-0.39, 0.29) is 6.61 Å². The van der Waals surface area contributed by atoms with Crippen molar-refractivity contribution in [3.63, 3.8) is 0 Å². The average molecular weight is 215 g/mol. The Morgan fingerprint density at radius 1 is 1.53 bits per heavy atom. The third-order valence-corrected chi connectivity index (χ3v) is 2.08. The summed E-state index contributed by atoms with van der Waals surface area (Å²) in [6.07, 6.45) is -0.804. The highest BCUT2D eigenvalue weighted by atomic mass is 16.7. The molecular weight excluding hydrogens is 202 g/mol. The monoisotopic (exact) mass is 215 g/mol. The molecule has 0 aromatic rings. The summed E-state index contributed by atoms with van der Waals surface area (Å²) in [5.74, 6) is -3.43. The van der Waals surface area contributed by atoms with Crippen LogP contribution >= 0.6 is 0 Å². The molecule has 1 amide bonds. The zero-order chi connectivity index (χ0) is 11.6. The number of hydrogen-bond donors (Lipinski definition) is 0. The fourth-order valence-electron chi connectivity index (χ4n) is 1.32. The Morgan fingerprint density at radius 3 is 2.67 bits per heavy atom. The lowest BCUT2D eigenvalue weighted by Crippen LogP contribution is -2.52. The van der Waals surface area contributed by atoms with E-state index in [9.17, 15) is 14.4 Å². The van der Waals surface area contributed by atoms with Crippen LogP contribution < -0.4 is 0 Å². The van der Waals surface area contributed by atoms with Crippen molar-refractivity contribution in [2.45, 2.75) is 20.0 Å². The lowest BCUT2D eigenvalue weighted by atomic mass is 9.98. The summed E-state index contributed by atoms with van der Waals surface area (Å²) < 4.78 is 4.66. The first-order valence-electron chi connectivity index (χ1n) is 4.63. The second kappa shape index (κ2) is 4.39. The predicted molar refractivity (Wildman–Crippen MR) is 48.4 cm³/mol. The maximum absolute atomic E-state index is 11.5. The average Bonchev–Trinajstić information content (AvgIpc) is 2.16. The number of nitrogens with zero attached hydrogens (tertiary/aromatic N) is 1. The zero-order valence-electron chi connectivity index (χ0n) is 8.85. The van der Waals surface area contributed by atoms with Gasteiger partial charge >= 0.3 is 5.97 Å². The number of carbonyl (C=O) groups excluding carboxylic acids is 3. The normalized spacial score (nSPS) is 26.7. The molecule has 15 heavy (non-hydrogen) atoms. The van der Waals surface area contributed by atoms with Crippen LogP contribution in [-0.2, 0) is 24.0 Å². The molecule has 1 rings (SSSR count). The summed E-state index contributed by atoms with van der Waals surface area (Å²) in [4.78, 5) is 39.3. The molecule has 0 aromatic heterocycles. The molecule has 0 radical (unpaired) electrons. The van der Waals surface area contributed by atoms with Gasteiger partial charge in [0, 0.05) is 7.05 Å². The van der Waals surface area contributed by atoms with Crippen LogP contribution in [0.5, 0.6) is 0 Å². The maximum Gasteiger partial charge on any atom is 0.326 e. The van der Waals surface area contributed by atoms with Crippen LogP contribution in [0.2, 0.25) is 0 Å². The Hall–Kier alpha value is -1.43. The first kappa shape index (κ1) is 11.6. The van der Waals surface area contributed by atoms with Crippen LogP contribution in [0.25, 0.3) is 0 Å². The Bertz CT molecular complexity index is 281. The van der Waals surface area contributed by atoms with Crippen molar-refractivity contribution in [2.75, 3.05) is 13.7 Å². The summed E-state index contributed by atoms with van der Waals surface area (Å²) in [5, 5.41) is 0.896. The third-order valence-electron chi connectivity index (χ3n) is 2.08. The molecule has 2 atom stereocenters. The van der Waals surface area contributed by atoms with E-state index in [1.165, 1.54) is 14.0 Å². The van der Waals surface area contributed by atoms with Crippen LogP contribution in [0.4, 0.5) is 0 Å². The highest BCUT2D eigenvalue weighted by molar-refractivity contribution is 6.18. The first-order valence-corrected chi connectivity index (χ1v) is 4.63. The van der Waals surface area contributed by atoms with Gasteiger partial charge in [-0.25, -0.2) is 5.06 Å². The fourth-order valence-corrected chi connectivity index (χ4v) is 1.32. The van der Waals surface area contributed by atoms with Gasteiger partial charge in [-0.15, -0.1) is 0 Å². The first-order chi connectivity index (χ1) is 6.99. The smallest absolute Gasteiger partial charge is 0.326 e. The zero-order valence-corrected chi connectivity index (χ0v) is 8.85. The van der Waals surface area contributed by atoms with Gasteiger partial charge in [0.1, 0.15) is 6.10 Å². The topological polar surface area (TPSA) is 72.9 Å². The molecular formula is C9H13NO5. The van der Waals surface area contributed by atoms with Crippen LogP contribution in [0.3, 0.4) is 0 Å². The van der Waals surface area contributed by atoms with Gasteiger partial charge in [0.25, 0.3) is 5.91 Å². The van der Waals surface area contributed by atoms with Crippen molar-refractivity contribution < 1.29 is 24.0 Å². The molecule has 1 aliphatic heterocycles. The van der Waals surface area contributed by atoms with E-state index in [4.69, 9.17) is 4.84 Å². The number of hydrogen-bond acceptors (Lipinski definition) is 5. The van der Waals surface area contributed by atoms with Crippen molar-refractivity contribution in [1.29, 1.82) is 0 Å². The summed E-state index contributed by atoms with van der Waals surface area (Å²) in [6.45, 7) is 3.23. The van der Waals surface area contributed by atoms with Crippen molar-refractivity contribution in [1.82, 2.24) is 5.06 Å². The molecule has 6 nitrogen and oxygen atoms in total. The van der Waals surface area contributed by atoms with E-state index in [2.05, 4.69) is 4.74 Å². The molecule has 0 saturated carbocycles. The molecule has 0 aliphatic carbocycles. The molecule has 0 spiro atoms. The van der Waals surface area contributed by atoms with Crippen LogP contribution in [0.15, 0.2) is 0 Å². The van der Waals surface area contributed by atoms with Crippen molar-refractivity contribution in [2.24, 2.45) is 5.92 Å². The Balaban J connectivity index is 2.87. The molecule has 84 valence electrons. The number of amides is 1. The number of Topliss-reactive ketones (excluding diaryl/α,β-unsaturated/α-hetero) is 1. The number of esters is 1. The van der Waals surface area contributed by atoms with E-state index in [0.717, 1.165) is 5.06 Å². The summed E-state index contributed by atoms with van der Waals surface area (Å²) in [6, 6.07) is 0. The lowest BCUT2D eigenvalue weighted by molar-refractivity contribution is -0.215. The number of hydroxylamine groups is 2. The number of carbonyl (C=O) groups is 3. The Labute approximate surface area is 87.1 Å². The molecule has 0 bridgehead atoms. The van der Waals surface area contributed by atoms with Gasteiger partial charge in [0.15, 0.2) is 11.7 Å². The SMILES string of the molecule is CCOC(=O)C1C(=O)C(C)ON(C)C1=O.